The first-order valence-electron chi connectivity index (χ1n) is 5.06. The van der Waals surface area contributed by atoms with E-state index in [1.807, 2.05) is 31.3 Å². The second-order valence-corrected chi connectivity index (χ2v) is 5.55. The molecule has 0 N–H and O–H groups in total. The molecule has 5 nitrogen and oxygen atoms in total. The molecule has 0 aromatic carbocycles. The maximum Gasteiger partial charge on any atom is 0.174 e. The van der Waals surface area contributed by atoms with Crippen molar-refractivity contribution in [1.82, 2.24) is 4.90 Å². The minimum Gasteiger partial charge on any atom is -0.744 e. The highest BCUT2D eigenvalue weighted by molar-refractivity contribution is 7.85. The predicted molar refractivity (Wildman–Crippen MR) is 56.4 cm³/mol. The summed E-state index contributed by atoms with van der Waals surface area (Å²) in [5.74, 6) is -0.339. The van der Waals surface area contributed by atoms with Crippen LogP contribution >= 0.6 is 0 Å². The lowest BCUT2D eigenvalue weighted by Crippen LogP contribution is -2.48. The molecule has 1 atom stereocenters. The third-order valence-corrected chi connectivity index (χ3v) is 3.34. The third-order valence-electron chi connectivity index (χ3n) is 2.51. The molecule has 0 saturated carbocycles. The smallest absolute Gasteiger partial charge is 0.174 e. The summed E-state index contributed by atoms with van der Waals surface area (Å²) in [4.78, 5) is 1.90. The molecule has 1 aliphatic heterocycles. The van der Waals surface area contributed by atoms with Gasteiger partial charge in [-0.05, 0) is 6.42 Å². The lowest BCUT2D eigenvalue weighted by Gasteiger charge is -2.33. The standard InChI is InChI=1S/C9H18N2O3S/c1-3-4-6-11(9-15(12,13)14)7-5-10(2)8-11/h5,7H,3-4,6,8-9H2,1-2H3. The summed E-state index contributed by atoms with van der Waals surface area (Å²) in [5.41, 5.74) is 0. The maximum atomic E-state index is 10.8. The predicted octanol–water partition coefficient (Wildman–Crippen LogP) is 0.480. The van der Waals surface area contributed by atoms with E-state index in [1.165, 1.54) is 0 Å². The van der Waals surface area contributed by atoms with Crippen LogP contribution < -0.4 is 0 Å². The van der Waals surface area contributed by atoms with Crippen LogP contribution in [-0.2, 0) is 10.1 Å². The topological polar surface area (TPSA) is 60.4 Å². The first-order valence-corrected chi connectivity index (χ1v) is 6.63. The maximum absolute atomic E-state index is 10.8. The van der Waals surface area contributed by atoms with Crippen LogP contribution in [-0.4, -0.2) is 48.5 Å². The second kappa shape index (κ2) is 4.51. The molecule has 0 aliphatic carbocycles. The van der Waals surface area contributed by atoms with E-state index in [1.54, 1.807) is 0 Å². The van der Waals surface area contributed by atoms with Gasteiger partial charge in [0.05, 0.1) is 12.7 Å². The molecule has 6 heteroatoms. The normalized spacial score (nSPS) is 26.2. The van der Waals surface area contributed by atoms with E-state index < -0.39 is 10.1 Å². The van der Waals surface area contributed by atoms with Gasteiger partial charge in [-0.2, -0.15) is 0 Å². The number of nitrogens with zero attached hydrogens (tertiary/aromatic N) is 2. The van der Waals surface area contributed by atoms with E-state index in [-0.39, 0.29) is 10.4 Å². The molecule has 1 rings (SSSR count). The van der Waals surface area contributed by atoms with Gasteiger partial charge in [0, 0.05) is 7.05 Å². The van der Waals surface area contributed by atoms with E-state index >= 15 is 0 Å². The first-order chi connectivity index (χ1) is 6.87. The van der Waals surface area contributed by atoms with E-state index in [0.717, 1.165) is 12.8 Å². The van der Waals surface area contributed by atoms with Gasteiger partial charge >= 0.3 is 0 Å². The monoisotopic (exact) mass is 234 g/mol. The van der Waals surface area contributed by atoms with Crippen molar-refractivity contribution in [1.29, 1.82) is 0 Å². The van der Waals surface area contributed by atoms with Gasteiger partial charge in [-0.3, -0.25) is 4.48 Å². The summed E-state index contributed by atoms with van der Waals surface area (Å²) in [7, 11) is -2.30. The van der Waals surface area contributed by atoms with Gasteiger partial charge in [-0.15, -0.1) is 0 Å². The van der Waals surface area contributed by atoms with Crippen molar-refractivity contribution >= 4 is 10.1 Å². The van der Waals surface area contributed by atoms with Crippen LogP contribution in [0.15, 0.2) is 12.4 Å². The molecule has 0 fully saturated rings. The molecular formula is C9H18N2O3S. The number of rotatable bonds is 5. The molecule has 15 heavy (non-hydrogen) atoms. The van der Waals surface area contributed by atoms with Crippen LogP contribution in [0.3, 0.4) is 0 Å². The lowest BCUT2D eigenvalue weighted by atomic mass is 10.3. The summed E-state index contributed by atoms with van der Waals surface area (Å²) < 4.78 is 32.8. The second-order valence-electron chi connectivity index (χ2n) is 4.18. The van der Waals surface area contributed by atoms with Crippen molar-refractivity contribution in [3.63, 3.8) is 0 Å². The molecule has 0 bridgehead atoms. The van der Waals surface area contributed by atoms with Crippen molar-refractivity contribution in [2.24, 2.45) is 0 Å². The van der Waals surface area contributed by atoms with E-state index in [9.17, 15) is 13.0 Å². The fourth-order valence-electron chi connectivity index (χ4n) is 1.88. The number of unbranched alkanes of at least 4 members (excludes halogenated alkanes) is 1. The van der Waals surface area contributed by atoms with Crippen molar-refractivity contribution in [2.75, 3.05) is 26.1 Å². The highest BCUT2D eigenvalue weighted by Crippen LogP contribution is 2.19. The summed E-state index contributed by atoms with van der Waals surface area (Å²) in [5, 5.41) is 0. The van der Waals surface area contributed by atoms with Crippen LogP contribution in [0.4, 0.5) is 0 Å². The first kappa shape index (κ1) is 12.5. The molecule has 0 radical (unpaired) electrons. The van der Waals surface area contributed by atoms with E-state index in [2.05, 4.69) is 0 Å². The molecular weight excluding hydrogens is 216 g/mol. The average Bonchev–Trinajstić information content (AvgIpc) is 2.41. The molecule has 0 amide bonds. The van der Waals surface area contributed by atoms with Crippen LogP contribution in [0, 0.1) is 0 Å². The average molecular weight is 234 g/mol. The zero-order valence-corrected chi connectivity index (χ0v) is 10.0. The summed E-state index contributed by atoms with van der Waals surface area (Å²) in [6.07, 6.45) is 5.57. The molecule has 1 aliphatic rings. The Balaban J connectivity index is 2.75. The number of hydrogen-bond donors (Lipinski definition) is 0. The Morgan fingerprint density at radius 2 is 2.20 bits per heavy atom. The highest BCUT2D eigenvalue weighted by atomic mass is 32.2. The Bertz CT molecular complexity index is 339. The molecule has 88 valence electrons. The molecule has 1 heterocycles. The zero-order chi connectivity index (χ0) is 11.5. The quantitative estimate of drug-likeness (QED) is 0.513. The van der Waals surface area contributed by atoms with Crippen LogP contribution in [0.2, 0.25) is 0 Å². The zero-order valence-electron chi connectivity index (χ0n) is 9.22. The van der Waals surface area contributed by atoms with E-state index in [0.29, 0.717) is 13.2 Å². The van der Waals surface area contributed by atoms with Crippen molar-refractivity contribution in [3.8, 4) is 0 Å². The lowest BCUT2D eigenvalue weighted by molar-refractivity contribution is -0.869. The Morgan fingerprint density at radius 3 is 2.60 bits per heavy atom. The SMILES string of the molecule is CCCC[N+]1(CS(=O)(=O)[O-])C=CN(C)C1. The Morgan fingerprint density at radius 1 is 1.53 bits per heavy atom. The van der Waals surface area contributed by atoms with Gasteiger partial charge in [0.25, 0.3) is 0 Å². The molecule has 0 aromatic rings. The minimum absolute atomic E-state index is 0.246. The Kier molecular flexibility index (Phi) is 3.75. The van der Waals surface area contributed by atoms with Crippen LogP contribution in [0.1, 0.15) is 19.8 Å². The summed E-state index contributed by atoms with van der Waals surface area (Å²) in [6.45, 7) is 3.33. The molecule has 1 unspecified atom stereocenters. The van der Waals surface area contributed by atoms with Gasteiger partial charge in [0.2, 0.25) is 0 Å². The van der Waals surface area contributed by atoms with Crippen LogP contribution in [0.5, 0.6) is 0 Å². The molecule has 0 spiro atoms. The van der Waals surface area contributed by atoms with Gasteiger partial charge in [-0.25, -0.2) is 8.42 Å². The summed E-state index contributed by atoms with van der Waals surface area (Å²) >= 11 is 0. The van der Waals surface area contributed by atoms with Gasteiger partial charge in [0.1, 0.15) is 16.3 Å². The highest BCUT2D eigenvalue weighted by Gasteiger charge is 2.32. The fourth-order valence-corrected chi connectivity index (χ4v) is 2.80. The van der Waals surface area contributed by atoms with Gasteiger partial charge < -0.3 is 9.45 Å². The van der Waals surface area contributed by atoms with Crippen molar-refractivity contribution < 1.29 is 17.5 Å². The largest absolute Gasteiger partial charge is 0.744 e. The fraction of sp³-hybridized carbons (Fsp3) is 0.778. The van der Waals surface area contributed by atoms with Crippen LogP contribution in [0.25, 0.3) is 0 Å². The van der Waals surface area contributed by atoms with Crippen molar-refractivity contribution in [2.45, 2.75) is 19.8 Å². The van der Waals surface area contributed by atoms with Crippen molar-refractivity contribution in [3.05, 3.63) is 12.4 Å². The van der Waals surface area contributed by atoms with E-state index in [4.69, 9.17) is 0 Å². The van der Waals surface area contributed by atoms with Gasteiger partial charge in [0.15, 0.2) is 12.5 Å². The summed E-state index contributed by atoms with van der Waals surface area (Å²) in [6, 6.07) is 0. The molecule has 0 aromatic heterocycles. The Labute approximate surface area is 91.3 Å². The number of quaternary nitrogens is 1. The number of hydrogen-bond acceptors (Lipinski definition) is 4. The molecule has 0 saturated heterocycles. The van der Waals surface area contributed by atoms with Gasteiger partial charge in [-0.1, -0.05) is 13.3 Å². The Hall–Kier alpha value is -0.590. The minimum atomic E-state index is -4.18. The third kappa shape index (κ3) is 3.81.